The van der Waals surface area contributed by atoms with Crippen LogP contribution in [0, 0.1) is 5.82 Å². The molecule has 2 rings (SSSR count). The fourth-order valence-corrected chi connectivity index (χ4v) is 4.17. The third-order valence-corrected chi connectivity index (χ3v) is 6.48. The summed E-state index contributed by atoms with van der Waals surface area (Å²) in [5.41, 5.74) is 0.985. The first kappa shape index (κ1) is 20.6. The second-order valence-electron chi connectivity index (χ2n) is 6.45. The summed E-state index contributed by atoms with van der Waals surface area (Å²) in [6.07, 6.45) is 3.21. The van der Waals surface area contributed by atoms with Gasteiger partial charge in [0.2, 0.25) is 10.0 Å². The van der Waals surface area contributed by atoms with E-state index in [1.165, 1.54) is 6.07 Å². The number of aliphatic imine (C=N–C) groups is 1. The minimum Gasteiger partial charge on any atom is -0.356 e. The molecule has 1 aliphatic rings. The molecule has 8 heteroatoms. The van der Waals surface area contributed by atoms with Gasteiger partial charge in [-0.2, -0.15) is 0 Å². The Balaban J connectivity index is 1.70. The van der Waals surface area contributed by atoms with E-state index < -0.39 is 10.0 Å². The molecule has 0 radical (unpaired) electrons. The number of guanidine groups is 1. The molecule has 0 unspecified atom stereocenters. The SMILES string of the molecule is CCS(=O)(=O)N1CCC(NC(=NC)NCCCc2cccc(F)c2)CC1. The van der Waals surface area contributed by atoms with E-state index in [4.69, 9.17) is 0 Å². The number of nitrogens with zero attached hydrogens (tertiary/aromatic N) is 2. The van der Waals surface area contributed by atoms with Gasteiger partial charge in [-0.3, -0.25) is 4.99 Å². The van der Waals surface area contributed by atoms with Crippen LogP contribution in [0.4, 0.5) is 4.39 Å². The molecule has 26 heavy (non-hydrogen) atoms. The summed E-state index contributed by atoms with van der Waals surface area (Å²) >= 11 is 0. The molecule has 2 N–H and O–H groups in total. The van der Waals surface area contributed by atoms with Crippen LogP contribution in [-0.4, -0.2) is 57.2 Å². The molecule has 6 nitrogen and oxygen atoms in total. The Bertz CT molecular complexity index is 701. The van der Waals surface area contributed by atoms with Gasteiger partial charge in [0.05, 0.1) is 5.75 Å². The number of sulfonamides is 1. The van der Waals surface area contributed by atoms with Crippen LogP contribution in [0.25, 0.3) is 0 Å². The van der Waals surface area contributed by atoms with E-state index in [0.717, 1.165) is 43.8 Å². The normalized spacial score (nSPS) is 17.3. The molecule has 1 aromatic carbocycles. The standard InChI is InChI=1S/C18H29FN4O2S/c1-3-26(24,25)23-12-9-17(10-13-23)22-18(20-2)21-11-5-7-15-6-4-8-16(19)14-15/h4,6,8,14,17H,3,5,7,9-13H2,1-2H3,(H2,20,21,22). The molecule has 0 spiro atoms. The van der Waals surface area contributed by atoms with Crippen LogP contribution in [0.2, 0.25) is 0 Å². The maximum absolute atomic E-state index is 13.2. The van der Waals surface area contributed by atoms with Gasteiger partial charge in [0, 0.05) is 32.7 Å². The fraction of sp³-hybridized carbons (Fsp3) is 0.611. The van der Waals surface area contributed by atoms with Gasteiger partial charge in [-0.15, -0.1) is 0 Å². The van der Waals surface area contributed by atoms with Crippen molar-refractivity contribution in [1.29, 1.82) is 0 Å². The second kappa shape index (κ2) is 9.87. The topological polar surface area (TPSA) is 73.8 Å². The molecule has 1 aromatic rings. The van der Waals surface area contributed by atoms with Gasteiger partial charge in [0.15, 0.2) is 5.96 Å². The molecule has 0 amide bonds. The third-order valence-electron chi connectivity index (χ3n) is 4.60. The summed E-state index contributed by atoms with van der Waals surface area (Å²) in [6.45, 7) is 3.50. The third kappa shape index (κ3) is 6.25. The average Bonchev–Trinajstić information content (AvgIpc) is 2.64. The summed E-state index contributed by atoms with van der Waals surface area (Å²) < 4.78 is 38.5. The smallest absolute Gasteiger partial charge is 0.213 e. The zero-order valence-corrected chi connectivity index (χ0v) is 16.4. The van der Waals surface area contributed by atoms with Crippen molar-refractivity contribution in [3.63, 3.8) is 0 Å². The second-order valence-corrected chi connectivity index (χ2v) is 8.71. The Morgan fingerprint density at radius 2 is 2.08 bits per heavy atom. The zero-order valence-electron chi connectivity index (χ0n) is 15.5. The van der Waals surface area contributed by atoms with E-state index in [9.17, 15) is 12.8 Å². The van der Waals surface area contributed by atoms with Gasteiger partial charge in [-0.1, -0.05) is 12.1 Å². The lowest BCUT2D eigenvalue weighted by Gasteiger charge is -2.32. The molecule has 0 atom stereocenters. The molecular formula is C18H29FN4O2S. The van der Waals surface area contributed by atoms with Crippen molar-refractivity contribution in [3.8, 4) is 0 Å². The number of halogens is 1. The van der Waals surface area contributed by atoms with Crippen molar-refractivity contribution in [2.45, 2.75) is 38.6 Å². The molecule has 0 aliphatic carbocycles. The number of hydrogen-bond acceptors (Lipinski definition) is 3. The van der Waals surface area contributed by atoms with Crippen molar-refractivity contribution in [2.75, 3.05) is 32.4 Å². The highest BCUT2D eigenvalue weighted by Gasteiger charge is 2.26. The largest absolute Gasteiger partial charge is 0.356 e. The molecule has 1 saturated heterocycles. The highest BCUT2D eigenvalue weighted by Crippen LogP contribution is 2.14. The first-order valence-electron chi connectivity index (χ1n) is 9.14. The molecular weight excluding hydrogens is 355 g/mol. The molecule has 1 fully saturated rings. The molecule has 0 saturated carbocycles. The van der Waals surface area contributed by atoms with E-state index in [1.807, 2.05) is 6.07 Å². The van der Waals surface area contributed by atoms with Crippen molar-refractivity contribution < 1.29 is 12.8 Å². The summed E-state index contributed by atoms with van der Waals surface area (Å²) in [5.74, 6) is 0.671. The van der Waals surface area contributed by atoms with Gasteiger partial charge < -0.3 is 10.6 Å². The van der Waals surface area contributed by atoms with Crippen LogP contribution >= 0.6 is 0 Å². The van der Waals surface area contributed by atoms with Gasteiger partial charge in [0.25, 0.3) is 0 Å². The lowest BCUT2D eigenvalue weighted by molar-refractivity contribution is 0.306. The van der Waals surface area contributed by atoms with Gasteiger partial charge in [-0.25, -0.2) is 17.1 Å². The van der Waals surface area contributed by atoms with Crippen molar-refractivity contribution in [1.82, 2.24) is 14.9 Å². The van der Waals surface area contributed by atoms with Gasteiger partial charge in [-0.05, 0) is 50.3 Å². The Labute approximate surface area is 155 Å². The lowest BCUT2D eigenvalue weighted by Crippen LogP contribution is -2.50. The van der Waals surface area contributed by atoms with E-state index in [0.29, 0.717) is 13.1 Å². The summed E-state index contributed by atoms with van der Waals surface area (Å²) in [5, 5.41) is 6.63. The first-order valence-corrected chi connectivity index (χ1v) is 10.7. The number of rotatable bonds is 7. The predicted molar refractivity (Wildman–Crippen MR) is 103 cm³/mol. The zero-order chi connectivity index (χ0) is 19.0. The minimum atomic E-state index is -3.09. The van der Waals surface area contributed by atoms with Gasteiger partial charge >= 0.3 is 0 Å². The summed E-state index contributed by atoms with van der Waals surface area (Å²) in [4.78, 5) is 4.23. The Hall–Kier alpha value is -1.67. The molecule has 0 bridgehead atoms. The van der Waals surface area contributed by atoms with Crippen LogP contribution in [0.3, 0.4) is 0 Å². The van der Waals surface area contributed by atoms with E-state index in [-0.39, 0.29) is 17.6 Å². The highest BCUT2D eigenvalue weighted by atomic mass is 32.2. The Morgan fingerprint density at radius 1 is 1.35 bits per heavy atom. The lowest BCUT2D eigenvalue weighted by atomic mass is 10.1. The Morgan fingerprint density at radius 3 is 2.69 bits per heavy atom. The average molecular weight is 385 g/mol. The van der Waals surface area contributed by atoms with E-state index in [1.54, 1.807) is 30.4 Å². The number of benzene rings is 1. The maximum atomic E-state index is 13.2. The quantitative estimate of drug-likeness (QED) is 0.427. The molecule has 1 aliphatic heterocycles. The van der Waals surface area contributed by atoms with Crippen LogP contribution in [0.1, 0.15) is 31.7 Å². The first-order chi connectivity index (χ1) is 12.4. The summed E-state index contributed by atoms with van der Waals surface area (Å²) in [6, 6.07) is 6.88. The monoisotopic (exact) mass is 384 g/mol. The number of hydrogen-bond donors (Lipinski definition) is 2. The van der Waals surface area contributed by atoms with Crippen molar-refractivity contribution in [3.05, 3.63) is 35.6 Å². The molecule has 0 aromatic heterocycles. The van der Waals surface area contributed by atoms with Crippen LogP contribution in [-0.2, 0) is 16.4 Å². The highest BCUT2D eigenvalue weighted by molar-refractivity contribution is 7.89. The molecule has 1 heterocycles. The fourth-order valence-electron chi connectivity index (χ4n) is 3.04. The van der Waals surface area contributed by atoms with Crippen LogP contribution in [0.5, 0.6) is 0 Å². The number of aryl methyl sites for hydroxylation is 1. The Kier molecular flexibility index (Phi) is 7.84. The van der Waals surface area contributed by atoms with E-state index in [2.05, 4.69) is 15.6 Å². The van der Waals surface area contributed by atoms with Crippen molar-refractivity contribution in [2.24, 2.45) is 4.99 Å². The minimum absolute atomic E-state index is 0.152. The van der Waals surface area contributed by atoms with Crippen molar-refractivity contribution >= 4 is 16.0 Å². The maximum Gasteiger partial charge on any atom is 0.213 e. The van der Waals surface area contributed by atoms with E-state index >= 15 is 0 Å². The van der Waals surface area contributed by atoms with Gasteiger partial charge in [0.1, 0.15) is 5.82 Å². The predicted octanol–water partition coefficient (Wildman–Crippen LogP) is 1.74. The summed E-state index contributed by atoms with van der Waals surface area (Å²) in [7, 11) is -1.37. The van der Waals surface area contributed by atoms with Crippen LogP contribution in [0.15, 0.2) is 29.3 Å². The molecule has 146 valence electrons. The number of nitrogens with one attached hydrogen (secondary N) is 2. The van der Waals surface area contributed by atoms with Crippen LogP contribution < -0.4 is 10.6 Å². The number of piperidine rings is 1.